The number of halogens is 2. The van der Waals surface area contributed by atoms with Crippen molar-refractivity contribution < 1.29 is 9.90 Å². The number of hydrogen-bond donors (Lipinski definition) is 3. The van der Waals surface area contributed by atoms with E-state index < -0.39 is 6.04 Å². The van der Waals surface area contributed by atoms with Gasteiger partial charge in [0.25, 0.3) is 0 Å². The van der Waals surface area contributed by atoms with E-state index in [1.54, 1.807) is 30.3 Å². The lowest BCUT2D eigenvalue weighted by atomic mass is 10.1. The van der Waals surface area contributed by atoms with Gasteiger partial charge in [0, 0.05) is 10.7 Å². The van der Waals surface area contributed by atoms with Gasteiger partial charge in [0.05, 0.1) is 11.7 Å². The summed E-state index contributed by atoms with van der Waals surface area (Å²) in [4.78, 5) is 16.0. The minimum Gasteiger partial charge on any atom is -0.508 e. The topological polar surface area (TPSA) is 88.2 Å². The Hall–Kier alpha value is -1.63. The number of nitrogens with one attached hydrogen (secondary N) is 1. The SMILES string of the molecule is N[C@@H](Cc1ccc(O)cc1)C(=O)Nc1cc(Br)cnc1Cl. The molecule has 0 spiro atoms. The third kappa shape index (κ3) is 4.42. The second kappa shape index (κ2) is 6.89. The van der Waals surface area contributed by atoms with Crippen molar-refractivity contribution in [2.45, 2.75) is 12.5 Å². The van der Waals surface area contributed by atoms with Crippen LogP contribution in [0.1, 0.15) is 5.56 Å². The van der Waals surface area contributed by atoms with E-state index in [2.05, 4.69) is 26.2 Å². The summed E-state index contributed by atoms with van der Waals surface area (Å²) >= 11 is 9.16. The first-order chi connectivity index (χ1) is 9.95. The number of benzene rings is 1. The molecule has 0 fully saturated rings. The van der Waals surface area contributed by atoms with Crippen molar-refractivity contribution in [1.29, 1.82) is 0 Å². The van der Waals surface area contributed by atoms with Crippen LogP contribution in [0.2, 0.25) is 5.15 Å². The van der Waals surface area contributed by atoms with Crippen LogP contribution < -0.4 is 11.1 Å². The van der Waals surface area contributed by atoms with Gasteiger partial charge < -0.3 is 16.2 Å². The zero-order chi connectivity index (χ0) is 15.4. The molecule has 1 heterocycles. The number of nitrogens with zero attached hydrogens (tertiary/aromatic N) is 1. The predicted molar refractivity (Wildman–Crippen MR) is 85.4 cm³/mol. The van der Waals surface area contributed by atoms with Crippen LogP contribution >= 0.6 is 27.5 Å². The van der Waals surface area contributed by atoms with E-state index in [1.807, 2.05) is 0 Å². The van der Waals surface area contributed by atoms with Gasteiger partial charge in [-0.2, -0.15) is 0 Å². The van der Waals surface area contributed by atoms with Gasteiger partial charge in [-0.1, -0.05) is 23.7 Å². The molecule has 0 aliphatic carbocycles. The molecule has 110 valence electrons. The molecule has 7 heteroatoms. The monoisotopic (exact) mass is 369 g/mol. The van der Waals surface area contributed by atoms with Gasteiger partial charge >= 0.3 is 0 Å². The molecular weight excluding hydrogens is 358 g/mol. The fraction of sp³-hybridized carbons (Fsp3) is 0.143. The van der Waals surface area contributed by atoms with Crippen LogP contribution in [0.25, 0.3) is 0 Å². The van der Waals surface area contributed by atoms with Crippen molar-refractivity contribution in [3.63, 3.8) is 0 Å². The summed E-state index contributed by atoms with van der Waals surface area (Å²) in [6, 6.07) is 7.46. The van der Waals surface area contributed by atoms with Crippen molar-refractivity contribution in [2.75, 3.05) is 5.32 Å². The first kappa shape index (κ1) is 15.8. The van der Waals surface area contributed by atoms with Gasteiger partial charge in [0.15, 0.2) is 5.15 Å². The third-order valence-electron chi connectivity index (χ3n) is 2.79. The Morgan fingerprint density at radius 3 is 2.76 bits per heavy atom. The van der Waals surface area contributed by atoms with Crippen LogP contribution in [-0.4, -0.2) is 22.0 Å². The van der Waals surface area contributed by atoms with Crippen LogP contribution in [-0.2, 0) is 11.2 Å². The number of hydrogen-bond acceptors (Lipinski definition) is 4. The summed E-state index contributed by atoms with van der Waals surface area (Å²) in [7, 11) is 0. The summed E-state index contributed by atoms with van der Waals surface area (Å²) in [6.07, 6.45) is 1.89. The van der Waals surface area contributed by atoms with Gasteiger partial charge in [-0.25, -0.2) is 4.98 Å². The van der Waals surface area contributed by atoms with Crippen molar-refractivity contribution in [3.8, 4) is 5.75 Å². The van der Waals surface area contributed by atoms with Crippen LogP contribution in [0, 0.1) is 0 Å². The predicted octanol–water partition coefficient (Wildman–Crippen LogP) is 2.71. The molecule has 4 N–H and O–H groups in total. The van der Waals surface area contributed by atoms with Crippen molar-refractivity contribution in [3.05, 3.63) is 51.7 Å². The lowest BCUT2D eigenvalue weighted by molar-refractivity contribution is -0.117. The highest BCUT2D eigenvalue weighted by Crippen LogP contribution is 2.23. The number of carbonyl (C=O) groups excluding carboxylic acids is 1. The molecular formula is C14H13BrClN3O2. The summed E-state index contributed by atoms with van der Waals surface area (Å²) in [5, 5.41) is 12.1. The van der Waals surface area contributed by atoms with E-state index >= 15 is 0 Å². The number of phenolic OH excluding ortho intramolecular Hbond substituents is 1. The highest BCUT2D eigenvalue weighted by Gasteiger charge is 2.16. The molecule has 1 atom stereocenters. The Balaban J connectivity index is 2.02. The zero-order valence-corrected chi connectivity index (χ0v) is 13.2. The van der Waals surface area contributed by atoms with Gasteiger partial charge in [0.1, 0.15) is 5.75 Å². The summed E-state index contributed by atoms with van der Waals surface area (Å²) in [5.74, 6) is -0.186. The first-order valence-corrected chi connectivity index (χ1v) is 7.28. The maximum atomic E-state index is 12.1. The molecule has 1 amide bonds. The Bertz CT molecular complexity index is 649. The van der Waals surface area contributed by atoms with E-state index in [-0.39, 0.29) is 16.8 Å². The van der Waals surface area contributed by atoms with E-state index in [0.717, 1.165) is 5.56 Å². The summed E-state index contributed by atoms with van der Waals surface area (Å²) < 4.78 is 0.703. The van der Waals surface area contributed by atoms with Gasteiger partial charge in [-0.05, 0) is 46.1 Å². The van der Waals surface area contributed by atoms with Crippen molar-refractivity contribution >= 4 is 39.1 Å². The second-order valence-corrected chi connectivity index (χ2v) is 5.73. The maximum Gasteiger partial charge on any atom is 0.241 e. The van der Waals surface area contributed by atoms with Crippen LogP contribution in [0.15, 0.2) is 41.0 Å². The summed E-state index contributed by atoms with van der Waals surface area (Å²) in [5.41, 5.74) is 7.13. The summed E-state index contributed by atoms with van der Waals surface area (Å²) in [6.45, 7) is 0. The van der Waals surface area contributed by atoms with Crippen LogP contribution in [0.4, 0.5) is 5.69 Å². The average Bonchev–Trinajstić information content (AvgIpc) is 2.45. The molecule has 0 unspecified atom stereocenters. The first-order valence-electron chi connectivity index (χ1n) is 6.11. The minimum atomic E-state index is -0.732. The molecule has 0 aliphatic heterocycles. The molecule has 21 heavy (non-hydrogen) atoms. The molecule has 0 radical (unpaired) electrons. The fourth-order valence-corrected chi connectivity index (χ4v) is 2.20. The Morgan fingerprint density at radius 1 is 1.43 bits per heavy atom. The molecule has 0 saturated carbocycles. The highest BCUT2D eigenvalue weighted by atomic mass is 79.9. The third-order valence-corrected chi connectivity index (χ3v) is 3.53. The van der Waals surface area contributed by atoms with Gasteiger partial charge in [-0.15, -0.1) is 0 Å². The smallest absolute Gasteiger partial charge is 0.241 e. The molecule has 5 nitrogen and oxygen atoms in total. The van der Waals surface area contributed by atoms with E-state index in [4.69, 9.17) is 17.3 Å². The van der Waals surface area contributed by atoms with Gasteiger partial charge in [-0.3, -0.25) is 4.79 Å². The number of phenols is 1. The molecule has 0 bridgehead atoms. The Kier molecular flexibility index (Phi) is 5.17. The maximum absolute atomic E-state index is 12.1. The molecule has 1 aromatic carbocycles. The van der Waals surface area contributed by atoms with E-state index in [9.17, 15) is 9.90 Å². The minimum absolute atomic E-state index is 0.170. The van der Waals surface area contributed by atoms with Crippen LogP contribution in [0.5, 0.6) is 5.75 Å². The molecule has 0 saturated heterocycles. The lowest BCUT2D eigenvalue weighted by Gasteiger charge is -2.13. The number of amides is 1. The molecule has 2 aromatic rings. The standard InChI is InChI=1S/C14H13BrClN3O2/c15-9-6-12(13(16)18-7-9)19-14(21)11(17)5-8-1-3-10(20)4-2-8/h1-4,6-7,11,20H,5,17H2,(H,19,21)/t11-/m0/s1. The Morgan fingerprint density at radius 2 is 2.10 bits per heavy atom. The van der Waals surface area contributed by atoms with Crippen molar-refractivity contribution in [1.82, 2.24) is 4.98 Å². The van der Waals surface area contributed by atoms with Gasteiger partial charge in [0.2, 0.25) is 5.91 Å². The zero-order valence-electron chi connectivity index (χ0n) is 10.9. The normalized spacial score (nSPS) is 12.0. The second-order valence-electron chi connectivity index (χ2n) is 4.46. The fourth-order valence-electron chi connectivity index (χ4n) is 1.71. The largest absolute Gasteiger partial charge is 0.508 e. The van der Waals surface area contributed by atoms with E-state index in [0.29, 0.717) is 16.6 Å². The average molecular weight is 371 g/mol. The number of anilines is 1. The Labute approximate surface area is 135 Å². The highest BCUT2D eigenvalue weighted by molar-refractivity contribution is 9.10. The number of nitrogens with two attached hydrogens (primary N) is 1. The molecule has 1 aromatic heterocycles. The number of aromatic nitrogens is 1. The number of pyridine rings is 1. The van der Waals surface area contributed by atoms with E-state index in [1.165, 1.54) is 6.20 Å². The lowest BCUT2D eigenvalue weighted by Crippen LogP contribution is -2.37. The number of aromatic hydroxyl groups is 1. The van der Waals surface area contributed by atoms with Crippen molar-refractivity contribution in [2.24, 2.45) is 5.73 Å². The number of rotatable bonds is 4. The number of carbonyl (C=O) groups is 1. The molecule has 2 rings (SSSR count). The van der Waals surface area contributed by atoms with Crippen LogP contribution in [0.3, 0.4) is 0 Å². The quantitative estimate of drug-likeness (QED) is 0.722. The molecule has 0 aliphatic rings.